The normalized spacial score (nSPS) is 22.7. The molecule has 0 aliphatic heterocycles. The Labute approximate surface area is 105 Å². The highest BCUT2D eigenvalue weighted by Crippen LogP contribution is 2.38. The summed E-state index contributed by atoms with van der Waals surface area (Å²) < 4.78 is 5.32. The van der Waals surface area contributed by atoms with Gasteiger partial charge in [0.15, 0.2) is 5.60 Å². The Balaban J connectivity index is 2.52. The maximum atomic E-state index is 10.1. The largest absolute Gasteiger partial charge is 0.496 e. The molecule has 1 aliphatic rings. The van der Waals surface area contributed by atoms with Gasteiger partial charge >= 0.3 is 0 Å². The molecular formula is C13H15NO2S. The number of benzene rings is 1. The molecule has 1 N–H and O–H groups in total. The lowest BCUT2D eigenvalue weighted by Gasteiger charge is -2.29. The van der Waals surface area contributed by atoms with Crippen molar-refractivity contribution in [2.75, 3.05) is 13.4 Å². The molecule has 0 saturated carbocycles. The van der Waals surface area contributed by atoms with E-state index in [1.54, 1.807) is 18.9 Å². The van der Waals surface area contributed by atoms with Gasteiger partial charge in [-0.3, -0.25) is 0 Å². The van der Waals surface area contributed by atoms with Crippen LogP contribution >= 0.6 is 11.8 Å². The first-order valence-corrected chi connectivity index (χ1v) is 6.72. The molecule has 17 heavy (non-hydrogen) atoms. The van der Waals surface area contributed by atoms with Crippen LogP contribution in [0.5, 0.6) is 5.75 Å². The summed E-state index contributed by atoms with van der Waals surface area (Å²) in [6.45, 7) is 0. The van der Waals surface area contributed by atoms with Gasteiger partial charge in [-0.05, 0) is 36.8 Å². The molecule has 3 nitrogen and oxygen atoms in total. The van der Waals surface area contributed by atoms with Gasteiger partial charge in [-0.1, -0.05) is 0 Å². The third kappa shape index (κ3) is 2.13. The lowest BCUT2D eigenvalue weighted by molar-refractivity contribution is 0.0826. The molecule has 1 aromatic carbocycles. The number of rotatable bonds is 2. The highest BCUT2D eigenvalue weighted by molar-refractivity contribution is 7.98. The second kappa shape index (κ2) is 4.59. The van der Waals surface area contributed by atoms with E-state index in [2.05, 4.69) is 0 Å². The molecule has 1 aromatic rings. The second-order valence-electron chi connectivity index (χ2n) is 4.25. The van der Waals surface area contributed by atoms with Crippen molar-refractivity contribution in [3.63, 3.8) is 0 Å². The molecule has 1 unspecified atom stereocenters. The van der Waals surface area contributed by atoms with Crippen LogP contribution in [0, 0.1) is 11.3 Å². The Hall–Kier alpha value is -1.18. The number of fused-ring (bicyclic) bond motifs is 1. The fourth-order valence-corrected chi connectivity index (χ4v) is 2.98. The van der Waals surface area contributed by atoms with Gasteiger partial charge in [0, 0.05) is 16.9 Å². The SMILES string of the molecule is COc1ccc(SC)c2c1CC(O)(C#N)CC2. The zero-order chi connectivity index (χ0) is 12.5. The number of methoxy groups -OCH3 is 1. The van der Waals surface area contributed by atoms with E-state index in [1.807, 2.05) is 24.5 Å². The summed E-state index contributed by atoms with van der Waals surface area (Å²) >= 11 is 1.69. The standard InChI is InChI=1S/C13H15NO2S/c1-16-11-3-4-12(17-2)9-5-6-13(15,8-14)7-10(9)11/h3-4,15H,5-7H2,1-2H3. The first-order valence-electron chi connectivity index (χ1n) is 5.50. The summed E-state index contributed by atoms with van der Waals surface area (Å²) in [6, 6.07) is 5.95. The van der Waals surface area contributed by atoms with Crippen LogP contribution in [0.25, 0.3) is 0 Å². The predicted molar refractivity (Wildman–Crippen MR) is 67.4 cm³/mol. The van der Waals surface area contributed by atoms with Gasteiger partial charge in [-0.15, -0.1) is 11.8 Å². The third-order valence-electron chi connectivity index (χ3n) is 3.25. The van der Waals surface area contributed by atoms with Crippen LogP contribution in [-0.2, 0) is 12.8 Å². The molecule has 2 rings (SSSR count). The number of hydrogen-bond acceptors (Lipinski definition) is 4. The van der Waals surface area contributed by atoms with Gasteiger partial charge in [-0.25, -0.2) is 0 Å². The minimum atomic E-state index is -1.24. The topological polar surface area (TPSA) is 53.2 Å². The Morgan fingerprint density at radius 2 is 2.24 bits per heavy atom. The maximum absolute atomic E-state index is 10.1. The molecule has 0 radical (unpaired) electrons. The van der Waals surface area contributed by atoms with Crippen LogP contribution in [0.3, 0.4) is 0 Å². The van der Waals surface area contributed by atoms with Crippen LogP contribution < -0.4 is 4.74 Å². The van der Waals surface area contributed by atoms with E-state index >= 15 is 0 Å². The van der Waals surface area contributed by atoms with Gasteiger partial charge in [0.1, 0.15) is 5.75 Å². The number of aliphatic hydroxyl groups is 1. The number of thioether (sulfide) groups is 1. The highest BCUT2D eigenvalue weighted by Gasteiger charge is 2.34. The molecule has 0 fully saturated rings. The van der Waals surface area contributed by atoms with Crippen molar-refractivity contribution >= 4 is 11.8 Å². The maximum Gasteiger partial charge on any atom is 0.155 e. The third-order valence-corrected chi connectivity index (χ3v) is 4.07. The molecule has 0 saturated heterocycles. The van der Waals surface area contributed by atoms with Crippen molar-refractivity contribution in [2.45, 2.75) is 29.8 Å². The molecule has 0 spiro atoms. The summed E-state index contributed by atoms with van der Waals surface area (Å²) in [7, 11) is 1.62. The zero-order valence-corrected chi connectivity index (χ0v) is 10.8. The summed E-state index contributed by atoms with van der Waals surface area (Å²) in [5, 5.41) is 19.1. The van der Waals surface area contributed by atoms with Crippen molar-refractivity contribution in [3.8, 4) is 11.8 Å². The van der Waals surface area contributed by atoms with Gasteiger partial charge in [0.2, 0.25) is 0 Å². The lowest BCUT2D eigenvalue weighted by atomic mass is 9.81. The number of nitriles is 1. The van der Waals surface area contributed by atoms with E-state index in [0.717, 1.165) is 17.7 Å². The van der Waals surface area contributed by atoms with E-state index in [9.17, 15) is 5.11 Å². The van der Waals surface area contributed by atoms with E-state index in [4.69, 9.17) is 10.00 Å². The number of hydrogen-bond donors (Lipinski definition) is 1. The summed E-state index contributed by atoms with van der Waals surface area (Å²) in [5.74, 6) is 0.770. The molecule has 4 heteroatoms. The average Bonchev–Trinajstić information content (AvgIpc) is 2.37. The van der Waals surface area contributed by atoms with Gasteiger partial charge in [0.25, 0.3) is 0 Å². The average molecular weight is 249 g/mol. The van der Waals surface area contributed by atoms with E-state index in [1.165, 1.54) is 10.5 Å². The van der Waals surface area contributed by atoms with E-state index in [0.29, 0.717) is 12.8 Å². The molecular weight excluding hydrogens is 234 g/mol. The summed E-state index contributed by atoms with van der Waals surface area (Å²) in [4.78, 5) is 1.21. The highest BCUT2D eigenvalue weighted by atomic mass is 32.2. The Morgan fingerprint density at radius 1 is 1.47 bits per heavy atom. The fourth-order valence-electron chi connectivity index (χ4n) is 2.31. The van der Waals surface area contributed by atoms with Crippen molar-refractivity contribution in [1.29, 1.82) is 5.26 Å². The van der Waals surface area contributed by atoms with Crippen molar-refractivity contribution in [1.82, 2.24) is 0 Å². The second-order valence-corrected chi connectivity index (χ2v) is 5.10. The number of nitrogens with zero attached hydrogens (tertiary/aromatic N) is 1. The van der Waals surface area contributed by atoms with Gasteiger partial charge in [0.05, 0.1) is 13.2 Å². The van der Waals surface area contributed by atoms with Gasteiger partial charge in [-0.2, -0.15) is 5.26 Å². The van der Waals surface area contributed by atoms with Crippen molar-refractivity contribution in [2.24, 2.45) is 0 Å². The molecule has 0 aromatic heterocycles. The predicted octanol–water partition coefficient (Wildman–Crippen LogP) is 2.16. The quantitative estimate of drug-likeness (QED) is 0.644. The van der Waals surface area contributed by atoms with E-state index < -0.39 is 5.60 Å². The van der Waals surface area contributed by atoms with Crippen LogP contribution in [0.4, 0.5) is 0 Å². The smallest absolute Gasteiger partial charge is 0.155 e. The lowest BCUT2D eigenvalue weighted by Crippen LogP contribution is -2.34. The molecule has 90 valence electrons. The van der Waals surface area contributed by atoms with Crippen molar-refractivity contribution in [3.05, 3.63) is 23.3 Å². The Bertz CT molecular complexity index is 481. The van der Waals surface area contributed by atoms with Crippen LogP contribution in [0.15, 0.2) is 17.0 Å². The van der Waals surface area contributed by atoms with Gasteiger partial charge < -0.3 is 9.84 Å². The number of ether oxygens (including phenoxy) is 1. The fraction of sp³-hybridized carbons (Fsp3) is 0.462. The molecule has 1 atom stereocenters. The monoisotopic (exact) mass is 249 g/mol. The Morgan fingerprint density at radius 3 is 2.82 bits per heavy atom. The molecule has 0 heterocycles. The molecule has 0 amide bonds. The molecule has 1 aliphatic carbocycles. The Kier molecular flexibility index (Phi) is 3.32. The molecule has 0 bridgehead atoms. The van der Waals surface area contributed by atoms with Crippen molar-refractivity contribution < 1.29 is 9.84 Å². The van der Waals surface area contributed by atoms with Crippen LogP contribution in [0.1, 0.15) is 17.5 Å². The summed E-state index contributed by atoms with van der Waals surface area (Å²) in [6.07, 6.45) is 3.62. The van der Waals surface area contributed by atoms with Crippen LogP contribution in [-0.4, -0.2) is 24.1 Å². The summed E-state index contributed by atoms with van der Waals surface area (Å²) in [5.41, 5.74) is 0.962. The minimum absolute atomic E-state index is 0.358. The zero-order valence-electron chi connectivity index (χ0n) is 9.99. The first-order chi connectivity index (χ1) is 8.13. The van der Waals surface area contributed by atoms with E-state index in [-0.39, 0.29) is 0 Å². The first kappa shape index (κ1) is 12.3. The minimum Gasteiger partial charge on any atom is -0.496 e. The van der Waals surface area contributed by atoms with Crippen LogP contribution in [0.2, 0.25) is 0 Å².